The lowest BCUT2D eigenvalue weighted by Crippen LogP contribution is -2.41. The van der Waals surface area contributed by atoms with Crippen molar-refractivity contribution in [1.29, 1.82) is 0 Å². The summed E-state index contributed by atoms with van der Waals surface area (Å²) in [6.45, 7) is 7.32. The van der Waals surface area contributed by atoms with Gasteiger partial charge in [0.05, 0.1) is 24.3 Å². The van der Waals surface area contributed by atoms with E-state index in [4.69, 9.17) is 14.2 Å². The molecule has 0 saturated heterocycles. The Balaban J connectivity index is 1.39. The fourth-order valence-corrected chi connectivity index (χ4v) is 5.77. The smallest absolute Gasteiger partial charge is 0.255 e. The maximum atomic E-state index is 13.6. The van der Waals surface area contributed by atoms with E-state index in [9.17, 15) is 4.79 Å². The van der Waals surface area contributed by atoms with Crippen LogP contribution >= 0.6 is 0 Å². The minimum Gasteiger partial charge on any atom is -0.491 e. The summed E-state index contributed by atoms with van der Waals surface area (Å²) in [6, 6.07) is 36.7. The highest BCUT2D eigenvalue weighted by Crippen LogP contribution is 2.23. The van der Waals surface area contributed by atoms with Gasteiger partial charge in [0.1, 0.15) is 18.1 Å². The summed E-state index contributed by atoms with van der Waals surface area (Å²) in [6.07, 6.45) is 3.59. The molecule has 1 amide bonds. The summed E-state index contributed by atoms with van der Waals surface area (Å²) < 4.78 is 18.6. The number of carbonyl (C=O) groups is 1. The topological polar surface area (TPSA) is 60.0 Å². The van der Waals surface area contributed by atoms with E-state index in [0.717, 1.165) is 43.7 Å². The summed E-state index contributed by atoms with van der Waals surface area (Å²) in [5.41, 5.74) is 4.18. The molecule has 4 aromatic carbocycles. The summed E-state index contributed by atoms with van der Waals surface area (Å²) in [5.74, 6) is 1.33. The lowest BCUT2D eigenvalue weighted by Gasteiger charge is -2.32. The first-order valence-corrected chi connectivity index (χ1v) is 16.2. The van der Waals surface area contributed by atoms with Gasteiger partial charge in [0.25, 0.3) is 5.91 Å². The Bertz CT molecular complexity index is 1440. The average Bonchev–Trinajstić information content (AvgIpc) is 3.05. The van der Waals surface area contributed by atoms with E-state index in [-0.39, 0.29) is 24.1 Å². The molecule has 1 aliphatic heterocycles. The zero-order valence-electron chi connectivity index (χ0n) is 26.6. The normalized spacial score (nSPS) is 18.6. The highest BCUT2D eigenvalue weighted by atomic mass is 16.5. The van der Waals surface area contributed by atoms with E-state index < -0.39 is 0 Å². The number of nitrogens with one attached hydrogen (secondary N) is 1. The molecular weight excluding hydrogens is 560 g/mol. The monoisotopic (exact) mass is 606 g/mol. The standard InChI is InChI=1S/C39H46N2O4/c1-30(2)45-36-21-19-33(20-22-36)27-41-23-11-12-24-43-28-34(25-31-13-5-3-6-14-31)40-39(42)37-17-9-10-18-38(37)44-29-35(41)26-32-15-7-4-8-16-32/h3-10,13-22,30,34-35H,11-12,23-29H2,1-2H3,(H,40,42)/t34-,35-/m0/s1. The summed E-state index contributed by atoms with van der Waals surface area (Å²) >= 11 is 0. The molecule has 0 aliphatic carbocycles. The van der Waals surface area contributed by atoms with Gasteiger partial charge in [0, 0.05) is 19.2 Å². The highest BCUT2D eigenvalue weighted by Gasteiger charge is 2.23. The van der Waals surface area contributed by atoms with Crippen molar-refractivity contribution in [2.24, 2.45) is 0 Å². The number of hydrogen-bond donors (Lipinski definition) is 1. The largest absolute Gasteiger partial charge is 0.491 e. The Kier molecular flexibility index (Phi) is 12.1. The molecule has 0 fully saturated rings. The van der Waals surface area contributed by atoms with E-state index in [1.807, 2.05) is 56.3 Å². The molecule has 45 heavy (non-hydrogen) atoms. The second-order valence-corrected chi connectivity index (χ2v) is 12.1. The third-order valence-electron chi connectivity index (χ3n) is 8.04. The van der Waals surface area contributed by atoms with Gasteiger partial charge in [-0.3, -0.25) is 9.69 Å². The number of hydrogen-bond acceptors (Lipinski definition) is 5. The van der Waals surface area contributed by atoms with Crippen molar-refractivity contribution in [1.82, 2.24) is 10.2 Å². The Hall–Kier alpha value is -4.13. The van der Waals surface area contributed by atoms with Crippen molar-refractivity contribution in [3.8, 4) is 11.5 Å². The lowest BCUT2D eigenvalue weighted by molar-refractivity contribution is 0.0819. The molecule has 0 bridgehead atoms. The van der Waals surface area contributed by atoms with E-state index in [1.165, 1.54) is 11.1 Å². The maximum Gasteiger partial charge on any atom is 0.255 e. The molecule has 236 valence electrons. The first-order valence-electron chi connectivity index (χ1n) is 16.2. The summed E-state index contributed by atoms with van der Waals surface area (Å²) in [7, 11) is 0. The van der Waals surface area contributed by atoms with Crippen LogP contribution in [0.2, 0.25) is 0 Å². The average molecular weight is 607 g/mol. The zero-order valence-corrected chi connectivity index (χ0v) is 26.6. The van der Waals surface area contributed by atoms with Crippen LogP contribution in [-0.4, -0.2) is 55.4 Å². The van der Waals surface area contributed by atoms with Crippen LogP contribution < -0.4 is 14.8 Å². The van der Waals surface area contributed by atoms with Crippen LogP contribution in [-0.2, 0) is 24.1 Å². The van der Waals surface area contributed by atoms with Gasteiger partial charge in [-0.25, -0.2) is 0 Å². The third kappa shape index (κ3) is 10.2. The van der Waals surface area contributed by atoms with Crippen molar-refractivity contribution in [3.63, 3.8) is 0 Å². The van der Waals surface area contributed by atoms with E-state index in [0.29, 0.717) is 37.6 Å². The fourth-order valence-electron chi connectivity index (χ4n) is 5.77. The summed E-state index contributed by atoms with van der Waals surface area (Å²) in [4.78, 5) is 16.2. The van der Waals surface area contributed by atoms with Crippen LogP contribution in [0.1, 0.15) is 53.7 Å². The van der Waals surface area contributed by atoms with E-state index in [2.05, 4.69) is 76.9 Å². The molecule has 6 heteroatoms. The number of amides is 1. The number of fused-ring (bicyclic) bond motifs is 1. The molecule has 1 aliphatic rings. The predicted molar refractivity (Wildman–Crippen MR) is 180 cm³/mol. The molecule has 0 saturated carbocycles. The molecule has 5 rings (SSSR count). The zero-order chi connectivity index (χ0) is 31.3. The molecule has 1 heterocycles. The van der Waals surface area contributed by atoms with Gasteiger partial charge < -0.3 is 19.5 Å². The second-order valence-electron chi connectivity index (χ2n) is 12.1. The predicted octanol–water partition coefficient (Wildman–Crippen LogP) is 7.12. The fraction of sp³-hybridized carbons (Fsp3) is 0.359. The second kappa shape index (κ2) is 16.8. The van der Waals surface area contributed by atoms with E-state index in [1.54, 1.807) is 0 Å². The molecule has 0 aromatic heterocycles. The van der Waals surface area contributed by atoms with Gasteiger partial charge in [-0.1, -0.05) is 84.9 Å². The molecule has 2 atom stereocenters. The summed E-state index contributed by atoms with van der Waals surface area (Å²) in [5, 5.41) is 3.24. The van der Waals surface area contributed by atoms with Gasteiger partial charge in [-0.2, -0.15) is 0 Å². The van der Waals surface area contributed by atoms with Gasteiger partial charge in [0.2, 0.25) is 0 Å². The molecule has 1 N–H and O–H groups in total. The minimum absolute atomic E-state index is 0.0898. The minimum atomic E-state index is -0.150. The molecular formula is C39H46N2O4. The molecule has 0 spiro atoms. The highest BCUT2D eigenvalue weighted by molar-refractivity contribution is 5.97. The van der Waals surface area contributed by atoms with Crippen molar-refractivity contribution in [3.05, 3.63) is 131 Å². The number of carbonyl (C=O) groups excluding carboxylic acids is 1. The van der Waals surface area contributed by atoms with Gasteiger partial charge in [0.15, 0.2) is 0 Å². The van der Waals surface area contributed by atoms with Crippen LogP contribution in [0, 0.1) is 0 Å². The Morgan fingerprint density at radius 1 is 0.778 bits per heavy atom. The number of benzene rings is 4. The Labute approximate surface area is 268 Å². The van der Waals surface area contributed by atoms with Crippen molar-refractivity contribution >= 4 is 5.91 Å². The number of para-hydroxylation sites is 1. The van der Waals surface area contributed by atoms with Crippen LogP contribution in [0.15, 0.2) is 109 Å². The van der Waals surface area contributed by atoms with Crippen molar-refractivity contribution in [2.45, 2.75) is 64.3 Å². The molecule has 6 nitrogen and oxygen atoms in total. The van der Waals surface area contributed by atoms with Crippen LogP contribution in [0.25, 0.3) is 0 Å². The third-order valence-corrected chi connectivity index (χ3v) is 8.04. The van der Waals surface area contributed by atoms with E-state index >= 15 is 0 Å². The van der Waals surface area contributed by atoms with Gasteiger partial charge in [-0.15, -0.1) is 0 Å². The lowest BCUT2D eigenvalue weighted by atomic mass is 10.0. The number of ether oxygens (including phenoxy) is 3. The maximum absolute atomic E-state index is 13.6. The van der Waals surface area contributed by atoms with Crippen molar-refractivity contribution in [2.75, 3.05) is 26.4 Å². The molecule has 4 aromatic rings. The van der Waals surface area contributed by atoms with Gasteiger partial charge in [-0.05, 0) is 87.0 Å². The SMILES string of the molecule is CC(C)Oc1ccc(CN2CCCCOC[C@H](Cc3ccccc3)NC(=O)c3ccccc3OC[C@@H]2Cc2ccccc2)cc1. The van der Waals surface area contributed by atoms with Crippen LogP contribution in [0.4, 0.5) is 0 Å². The number of nitrogens with zero attached hydrogens (tertiary/aromatic N) is 1. The first kappa shape index (κ1) is 32.3. The molecule has 0 unspecified atom stereocenters. The van der Waals surface area contributed by atoms with Crippen molar-refractivity contribution < 1.29 is 19.0 Å². The molecule has 0 radical (unpaired) electrons. The van der Waals surface area contributed by atoms with Crippen LogP contribution in [0.5, 0.6) is 11.5 Å². The first-order chi connectivity index (χ1) is 22.0. The van der Waals surface area contributed by atoms with Gasteiger partial charge >= 0.3 is 0 Å². The van der Waals surface area contributed by atoms with Crippen LogP contribution in [0.3, 0.4) is 0 Å². The quantitative estimate of drug-likeness (QED) is 0.232. The Morgan fingerprint density at radius 3 is 2.16 bits per heavy atom. The number of rotatable bonds is 8. The Morgan fingerprint density at radius 2 is 1.44 bits per heavy atom.